The van der Waals surface area contributed by atoms with Crippen LogP contribution >= 0.6 is 11.3 Å². The van der Waals surface area contributed by atoms with Gasteiger partial charge in [0.05, 0.1) is 6.04 Å². The molecule has 1 saturated carbocycles. The molecule has 26 heavy (non-hydrogen) atoms. The van der Waals surface area contributed by atoms with Crippen molar-refractivity contribution in [3.8, 4) is 0 Å². The van der Waals surface area contributed by atoms with Crippen LogP contribution in [0.25, 0.3) is 0 Å². The molecule has 2 aliphatic heterocycles. The molecular formula is C19H25N3O3S. The van der Waals surface area contributed by atoms with E-state index in [1.807, 2.05) is 22.4 Å². The van der Waals surface area contributed by atoms with E-state index in [0.29, 0.717) is 25.3 Å². The summed E-state index contributed by atoms with van der Waals surface area (Å²) in [6.07, 6.45) is 5.10. The molecule has 7 heteroatoms. The fourth-order valence-corrected chi connectivity index (χ4v) is 5.36. The van der Waals surface area contributed by atoms with Gasteiger partial charge >= 0.3 is 6.03 Å². The van der Waals surface area contributed by atoms with Crippen molar-refractivity contribution in [2.75, 3.05) is 13.1 Å². The zero-order valence-electron chi connectivity index (χ0n) is 15.1. The first-order valence-electron chi connectivity index (χ1n) is 9.47. The average Bonchev–Trinajstić information content (AvgIpc) is 3.34. The Morgan fingerprint density at radius 2 is 2.08 bits per heavy atom. The molecule has 1 aromatic heterocycles. The molecule has 3 heterocycles. The van der Waals surface area contributed by atoms with Crippen molar-refractivity contribution >= 4 is 29.2 Å². The lowest BCUT2D eigenvalue weighted by Crippen LogP contribution is -2.50. The van der Waals surface area contributed by atoms with E-state index < -0.39 is 11.6 Å². The van der Waals surface area contributed by atoms with E-state index in [4.69, 9.17) is 0 Å². The average molecular weight is 375 g/mol. The number of carbonyl (C=O) groups excluding carboxylic acids is 3. The molecule has 3 aliphatic rings. The van der Waals surface area contributed by atoms with Gasteiger partial charge in [0.15, 0.2) is 0 Å². The molecule has 4 amide bonds. The van der Waals surface area contributed by atoms with E-state index in [1.54, 1.807) is 11.3 Å². The number of hydrogen-bond acceptors (Lipinski definition) is 4. The smallest absolute Gasteiger partial charge is 0.325 e. The summed E-state index contributed by atoms with van der Waals surface area (Å²) in [5.74, 6) is 0.234. The monoisotopic (exact) mass is 375 g/mol. The molecule has 1 aliphatic carbocycles. The Morgan fingerprint density at radius 1 is 1.31 bits per heavy atom. The highest BCUT2D eigenvalue weighted by Gasteiger charge is 2.52. The van der Waals surface area contributed by atoms with Gasteiger partial charge in [-0.1, -0.05) is 13.0 Å². The van der Waals surface area contributed by atoms with Crippen LogP contribution in [0.15, 0.2) is 17.5 Å². The molecule has 1 spiro atoms. The maximum atomic E-state index is 12.9. The molecule has 3 fully saturated rings. The van der Waals surface area contributed by atoms with Gasteiger partial charge in [0.1, 0.15) is 12.1 Å². The minimum absolute atomic E-state index is 0.0766. The Bertz CT molecular complexity index is 710. The fraction of sp³-hybridized carbons (Fsp3) is 0.632. The maximum Gasteiger partial charge on any atom is 0.325 e. The third-order valence-electron chi connectivity index (χ3n) is 6.11. The lowest BCUT2D eigenvalue weighted by molar-refractivity contribution is -0.140. The molecule has 0 unspecified atom stereocenters. The van der Waals surface area contributed by atoms with Crippen LogP contribution in [0, 0.1) is 5.92 Å². The molecule has 2 saturated heterocycles. The molecular weight excluding hydrogens is 350 g/mol. The summed E-state index contributed by atoms with van der Waals surface area (Å²) in [7, 11) is 0. The summed E-state index contributed by atoms with van der Waals surface area (Å²) >= 11 is 1.65. The van der Waals surface area contributed by atoms with Gasteiger partial charge in [0.2, 0.25) is 5.91 Å². The zero-order valence-corrected chi connectivity index (χ0v) is 15.9. The number of carbonyl (C=O) groups is 3. The number of hydrogen-bond donors (Lipinski definition) is 1. The van der Waals surface area contributed by atoms with Crippen LogP contribution in [0.5, 0.6) is 0 Å². The Labute approximate surface area is 157 Å². The second-order valence-electron chi connectivity index (χ2n) is 7.85. The van der Waals surface area contributed by atoms with Gasteiger partial charge in [-0.3, -0.25) is 14.5 Å². The molecule has 1 atom stereocenters. The SMILES string of the molecule is CC1CCC2(CC1)NC(=O)N(CC(=O)N1CCC[C@@H]1c1cccs1)C2=O. The lowest BCUT2D eigenvalue weighted by Gasteiger charge is -2.33. The number of amides is 4. The Morgan fingerprint density at radius 3 is 2.77 bits per heavy atom. The molecule has 0 bridgehead atoms. The maximum absolute atomic E-state index is 12.9. The van der Waals surface area contributed by atoms with Crippen molar-refractivity contribution in [2.45, 2.75) is 57.0 Å². The van der Waals surface area contributed by atoms with Crippen LogP contribution in [0.4, 0.5) is 4.79 Å². The number of thiophene rings is 1. The highest BCUT2D eigenvalue weighted by atomic mass is 32.1. The molecule has 0 radical (unpaired) electrons. The first kappa shape index (κ1) is 17.5. The molecule has 4 rings (SSSR count). The predicted octanol–water partition coefficient (Wildman–Crippen LogP) is 2.91. The second kappa shape index (κ2) is 6.68. The molecule has 1 N–H and O–H groups in total. The van der Waals surface area contributed by atoms with E-state index in [2.05, 4.69) is 12.2 Å². The van der Waals surface area contributed by atoms with Crippen molar-refractivity contribution in [2.24, 2.45) is 5.92 Å². The van der Waals surface area contributed by atoms with Gasteiger partial charge in [-0.25, -0.2) is 4.79 Å². The number of nitrogens with one attached hydrogen (secondary N) is 1. The lowest BCUT2D eigenvalue weighted by atomic mass is 9.77. The normalized spacial score (nSPS) is 31.7. The van der Waals surface area contributed by atoms with Gasteiger partial charge in [0, 0.05) is 11.4 Å². The third-order valence-corrected chi connectivity index (χ3v) is 7.09. The van der Waals surface area contributed by atoms with E-state index in [1.165, 1.54) is 4.88 Å². The number of nitrogens with zero attached hydrogens (tertiary/aromatic N) is 2. The molecule has 0 aromatic carbocycles. The van der Waals surface area contributed by atoms with Crippen LogP contribution in [-0.4, -0.2) is 46.3 Å². The van der Waals surface area contributed by atoms with Crippen LogP contribution < -0.4 is 5.32 Å². The highest BCUT2D eigenvalue weighted by molar-refractivity contribution is 7.10. The van der Waals surface area contributed by atoms with Gasteiger partial charge in [-0.05, 0) is 55.9 Å². The summed E-state index contributed by atoms with van der Waals surface area (Å²) in [5.41, 5.74) is -0.776. The second-order valence-corrected chi connectivity index (χ2v) is 8.83. The minimum atomic E-state index is -0.776. The summed E-state index contributed by atoms with van der Waals surface area (Å²) in [5, 5.41) is 4.91. The Kier molecular flexibility index (Phi) is 4.50. The van der Waals surface area contributed by atoms with Crippen molar-refractivity contribution < 1.29 is 14.4 Å². The minimum Gasteiger partial charge on any atom is -0.333 e. The summed E-state index contributed by atoms with van der Waals surface area (Å²) in [6.45, 7) is 2.71. The van der Waals surface area contributed by atoms with Crippen molar-refractivity contribution in [3.63, 3.8) is 0 Å². The van der Waals surface area contributed by atoms with Gasteiger partial charge < -0.3 is 10.2 Å². The van der Waals surface area contributed by atoms with Crippen LogP contribution in [-0.2, 0) is 9.59 Å². The topological polar surface area (TPSA) is 69.7 Å². The summed E-state index contributed by atoms with van der Waals surface area (Å²) < 4.78 is 0. The zero-order chi connectivity index (χ0) is 18.3. The first-order valence-corrected chi connectivity index (χ1v) is 10.4. The van der Waals surface area contributed by atoms with Crippen LogP contribution in [0.3, 0.4) is 0 Å². The van der Waals surface area contributed by atoms with Crippen LogP contribution in [0.1, 0.15) is 56.4 Å². The van der Waals surface area contributed by atoms with E-state index in [0.717, 1.165) is 30.6 Å². The van der Waals surface area contributed by atoms with Crippen molar-refractivity contribution in [1.82, 2.24) is 15.1 Å². The standard InChI is InChI=1S/C19H25N3O3S/c1-13-6-8-19(9-7-13)17(24)22(18(25)20-19)12-16(23)21-10-2-4-14(21)15-5-3-11-26-15/h3,5,11,13-14H,2,4,6-10,12H2,1H3,(H,20,25)/t13?,14-,19?/m1/s1. The van der Waals surface area contributed by atoms with E-state index in [9.17, 15) is 14.4 Å². The van der Waals surface area contributed by atoms with Gasteiger partial charge in [0.25, 0.3) is 5.91 Å². The van der Waals surface area contributed by atoms with Gasteiger partial charge in [-0.15, -0.1) is 11.3 Å². The van der Waals surface area contributed by atoms with E-state index in [-0.39, 0.29) is 24.4 Å². The van der Waals surface area contributed by atoms with Crippen LogP contribution in [0.2, 0.25) is 0 Å². The third kappa shape index (κ3) is 2.92. The summed E-state index contributed by atoms with van der Waals surface area (Å²) in [6, 6.07) is 3.71. The van der Waals surface area contributed by atoms with Crippen molar-refractivity contribution in [3.05, 3.63) is 22.4 Å². The Hall–Kier alpha value is -1.89. The highest BCUT2D eigenvalue weighted by Crippen LogP contribution is 2.37. The first-order chi connectivity index (χ1) is 12.5. The molecule has 1 aromatic rings. The molecule has 6 nitrogen and oxygen atoms in total. The van der Waals surface area contributed by atoms with E-state index >= 15 is 0 Å². The number of urea groups is 1. The quantitative estimate of drug-likeness (QED) is 0.826. The Balaban J connectivity index is 1.46. The molecule has 140 valence electrons. The van der Waals surface area contributed by atoms with Gasteiger partial charge in [-0.2, -0.15) is 0 Å². The number of rotatable bonds is 3. The summed E-state index contributed by atoms with van der Waals surface area (Å²) in [4.78, 5) is 42.4. The number of likely N-dealkylation sites (tertiary alicyclic amines) is 1. The largest absolute Gasteiger partial charge is 0.333 e. The predicted molar refractivity (Wildman–Crippen MR) is 98.6 cm³/mol. The van der Waals surface area contributed by atoms with Crippen molar-refractivity contribution in [1.29, 1.82) is 0 Å². The number of imide groups is 1. The fourth-order valence-electron chi connectivity index (χ4n) is 4.48.